The number of benzene rings is 1. The van der Waals surface area contributed by atoms with Gasteiger partial charge in [-0.2, -0.15) is 11.3 Å². The average Bonchev–Trinajstić information content (AvgIpc) is 3.08. The second-order valence-corrected chi connectivity index (χ2v) is 5.53. The Bertz CT molecular complexity index is 546. The molecule has 2 amide bonds. The van der Waals surface area contributed by atoms with Gasteiger partial charge in [0.2, 0.25) is 0 Å². The number of hydrogen-bond donors (Lipinski definition) is 3. The Morgan fingerprint density at radius 2 is 2.05 bits per heavy atom. The quantitative estimate of drug-likeness (QED) is 0.654. The van der Waals surface area contributed by atoms with Crippen molar-refractivity contribution in [3.8, 4) is 0 Å². The first-order valence-corrected chi connectivity index (χ1v) is 8.03. The molecule has 118 valence electrons. The number of ether oxygens (including phenoxy) is 1. The van der Waals surface area contributed by atoms with E-state index in [1.807, 2.05) is 47.2 Å². The molecule has 0 bridgehead atoms. The molecular weight excluding hydrogens is 300 g/mol. The molecule has 1 unspecified atom stereocenters. The minimum atomic E-state index is -0.675. The number of amides is 2. The predicted molar refractivity (Wildman–Crippen MR) is 86.8 cm³/mol. The Balaban J connectivity index is 1.52. The first kappa shape index (κ1) is 16.5. The molecule has 22 heavy (non-hydrogen) atoms. The van der Waals surface area contributed by atoms with Gasteiger partial charge in [0.1, 0.15) is 0 Å². The summed E-state index contributed by atoms with van der Waals surface area (Å²) in [5, 5.41) is 18.9. The lowest BCUT2D eigenvalue weighted by atomic mass is 10.2. The number of urea groups is 1. The number of rotatable bonds is 8. The third-order valence-electron chi connectivity index (χ3n) is 3.03. The van der Waals surface area contributed by atoms with E-state index in [1.165, 1.54) is 11.3 Å². The van der Waals surface area contributed by atoms with E-state index in [1.54, 1.807) is 0 Å². The Kier molecular flexibility index (Phi) is 6.89. The molecule has 3 N–H and O–H groups in total. The van der Waals surface area contributed by atoms with Gasteiger partial charge < -0.3 is 20.5 Å². The van der Waals surface area contributed by atoms with Crippen molar-refractivity contribution < 1.29 is 14.6 Å². The number of carbonyl (C=O) groups excluding carboxylic acids is 1. The molecule has 0 fully saturated rings. The summed E-state index contributed by atoms with van der Waals surface area (Å²) in [4.78, 5) is 11.6. The number of aliphatic hydroxyl groups is 1. The third-order valence-corrected chi connectivity index (χ3v) is 3.73. The van der Waals surface area contributed by atoms with E-state index >= 15 is 0 Å². The van der Waals surface area contributed by atoms with Gasteiger partial charge in [0, 0.05) is 13.1 Å². The molecule has 2 aromatic rings. The molecule has 1 aromatic heterocycles. The Hall–Kier alpha value is -1.89. The predicted octanol–water partition coefficient (Wildman–Crippen LogP) is 2.30. The molecule has 1 aromatic carbocycles. The highest BCUT2D eigenvalue weighted by Crippen LogP contribution is 2.14. The van der Waals surface area contributed by atoms with Crippen molar-refractivity contribution in [3.63, 3.8) is 0 Å². The molecule has 0 radical (unpaired) electrons. The van der Waals surface area contributed by atoms with Crippen LogP contribution in [0.4, 0.5) is 4.79 Å². The Morgan fingerprint density at radius 3 is 2.77 bits per heavy atom. The summed E-state index contributed by atoms with van der Waals surface area (Å²) in [6, 6.07) is 11.4. The van der Waals surface area contributed by atoms with Crippen molar-refractivity contribution in [2.75, 3.05) is 19.7 Å². The number of carbonyl (C=O) groups is 1. The lowest BCUT2D eigenvalue weighted by Gasteiger charge is -2.11. The minimum Gasteiger partial charge on any atom is -0.387 e. The van der Waals surface area contributed by atoms with E-state index in [4.69, 9.17) is 4.74 Å². The molecular formula is C16H20N2O3S. The van der Waals surface area contributed by atoms with Gasteiger partial charge in [-0.3, -0.25) is 0 Å². The van der Waals surface area contributed by atoms with Gasteiger partial charge in [-0.25, -0.2) is 4.79 Å². The van der Waals surface area contributed by atoms with Crippen LogP contribution in [0, 0.1) is 0 Å². The second kappa shape index (κ2) is 9.19. The fraction of sp³-hybridized carbons (Fsp3) is 0.312. The highest BCUT2D eigenvalue weighted by atomic mass is 32.1. The zero-order valence-electron chi connectivity index (χ0n) is 12.2. The smallest absolute Gasteiger partial charge is 0.314 e. The van der Waals surface area contributed by atoms with Crippen LogP contribution in [0.5, 0.6) is 0 Å². The molecule has 0 spiro atoms. The van der Waals surface area contributed by atoms with Crippen LogP contribution < -0.4 is 10.6 Å². The first-order valence-electron chi connectivity index (χ1n) is 7.09. The Labute approximate surface area is 133 Å². The average molecular weight is 320 g/mol. The van der Waals surface area contributed by atoms with Crippen LogP contribution in [0.3, 0.4) is 0 Å². The van der Waals surface area contributed by atoms with Crippen LogP contribution in [-0.4, -0.2) is 30.8 Å². The highest BCUT2D eigenvalue weighted by Gasteiger charge is 2.09. The number of thiophene rings is 1. The number of hydrogen-bond acceptors (Lipinski definition) is 4. The van der Waals surface area contributed by atoms with E-state index in [2.05, 4.69) is 10.6 Å². The second-order valence-electron chi connectivity index (χ2n) is 4.75. The molecule has 5 nitrogen and oxygen atoms in total. The standard InChI is InChI=1S/C16H20N2O3S/c19-15(14-6-9-22-12-14)10-18-16(20)17-7-8-21-11-13-4-2-1-3-5-13/h1-6,9,12,15,19H,7-8,10-11H2,(H2,17,18,20). The van der Waals surface area contributed by atoms with Gasteiger partial charge in [-0.1, -0.05) is 30.3 Å². The summed E-state index contributed by atoms with van der Waals surface area (Å²) in [7, 11) is 0. The first-order chi connectivity index (χ1) is 10.8. The Morgan fingerprint density at radius 1 is 1.23 bits per heavy atom. The molecule has 1 heterocycles. The van der Waals surface area contributed by atoms with Crippen LogP contribution in [-0.2, 0) is 11.3 Å². The maximum Gasteiger partial charge on any atom is 0.314 e. The number of nitrogens with one attached hydrogen (secondary N) is 2. The summed E-state index contributed by atoms with van der Waals surface area (Å²) in [5.74, 6) is 0. The zero-order chi connectivity index (χ0) is 15.6. The van der Waals surface area contributed by atoms with Crippen LogP contribution in [0.1, 0.15) is 17.2 Å². The summed E-state index contributed by atoms with van der Waals surface area (Å²) in [5.41, 5.74) is 1.92. The lowest BCUT2D eigenvalue weighted by Crippen LogP contribution is -2.39. The molecule has 0 aliphatic rings. The van der Waals surface area contributed by atoms with Crippen LogP contribution in [0.2, 0.25) is 0 Å². The van der Waals surface area contributed by atoms with E-state index in [0.29, 0.717) is 19.8 Å². The molecule has 0 saturated carbocycles. The van der Waals surface area contributed by atoms with E-state index < -0.39 is 6.10 Å². The molecule has 0 aliphatic heterocycles. The topological polar surface area (TPSA) is 70.6 Å². The monoisotopic (exact) mass is 320 g/mol. The van der Waals surface area contributed by atoms with Gasteiger partial charge >= 0.3 is 6.03 Å². The minimum absolute atomic E-state index is 0.188. The highest BCUT2D eigenvalue weighted by molar-refractivity contribution is 7.07. The van der Waals surface area contributed by atoms with Crippen molar-refractivity contribution in [3.05, 3.63) is 58.3 Å². The van der Waals surface area contributed by atoms with Gasteiger partial charge in [-0.15, -0.1) is 0 Å². The van der Waals surface area contributed by atoms with Crippen molar-refractivity contribution in [1.82, 2.24) is 10.6 Å². The normalized spacial score (nSPS) is 11.9. The molecule has 0 aliphatic carbocycles. The SMILES string of the molecule is O=C(NCCOCc1ccccc1)NCC(O)c1ccsc1. The zero-order valence-corrected chi connectivity index (χ0v) is 13.0. The third kappa shape index (κ3) is 5.85. The van der Waals surface area contributed by atoms with Crippen molar-refractivity contribution in [1.29, 1.82) is 0 Å². The largest absolute Gasteiger partial charge is 0.387 e. The molecule has 2 rings (SSSR count). The summed E-state index contributed by atoms with van der Waals surface area (Å²) in [6.45, 7) is 1.58. The summed E-state index contributed by atoms with van der Waals surface area (Å²) < 4.78 is 5.46. The van der Waals surface area contributed by atoms with Crippen LogP contribution in [0.15, 0.2) is 47.2 Å². The van der Waals surface area contributed by atoms with Crippen LogP contribution in [0.25, 0.3) is 0 Å². The van der Waals surface area contributed by atoms with Crippen molar-refractivity contribution in [2.24, 2.45) is 0 Å². The fourth-order valence-corrected chi connectivity index (χ4v) is 2.54. The molecule has 6 heteroatoms. The van der Waals surface area contributed by atoms with Gasteiger partial charge in [0.25, 0.3) is 0 Å². The van der Waals surface area contributed by atoms with Gasteiger partial charge in [0.05, 0.1) is 19.3 Å². The van der Waals surface area contributed by atoms with E-state index in [9.17, 15) is 9.90 Å². The van der Waals surface area contributed by atoms with Gasteiger partial charge in [0.15, 0.2) is 0 Å². The van der Waals surface area contributed by atoms with Crippen LogP contribution >= 0.6 is 11.3 Å². The fourth-order valence-electron chi connectivity index (χ4n) is 1.84. The van der Waals surface area contributed by atoms with Crippen molar-refractivity contribution in [2.45, 2.75) is 12.7 Å². The summed E-state index contributed by atoms with van der Waals surface area (Å²) in [6.07, 6.45) is -0.675. The number of aliphatic hydroxyl groups excluding tert-OH is 1. The maximum atomic E-state index is 11.6. The van der Waals surface area contributed by atoms with Crippen molar-refractivity contribution >= 4 is 17.4 Å². The maximum absolute atomic E-state index is 11.6. The summed E-state index contributed by atoms with van der Waals surface area (Å²) >= 11 is 1.51. The lowest BCUT2D eigenvalue weighted by molar-refractivity contribution is 0.123. The van der Waals surface area contributed by atoms with E-state index in [0.717, 1.165) is 11.1 Å². The molecule has 0 saturated heterocycles. The van der Waals surface area contributed by atoms with E-state index in [-0.39, 0.29) is 12.6 Å². The van der Waals surface area contributed by atoms with Gasteiger partial charge in [-0.05, 0) is 28.0 Å². The molecule has 1 atom stereocenters.